The zero-order valence-electron chi connectivity index (χ0n) is 12.2. The van der Waals surface area contributed by atoms with Crippen LogP contribution in [-0.2, 0) is 5.75 Å². The predicted octanol–water partition coefficient (Wildman–Crippen LogP) is 3.72. The number of hydrogen-bond donors (Lipinski definition) is 1. The minimum Gasteiger partial charge on any atom is -0.414 e. The molecular weight excluding hydrogens is 270 g/mol. The van der Waals surface area contributed by atoms with Crippen LogP contribution in [-0.4, -0.2) is 10.2 Å². The Kier molecular flexibility index (Phi) is 5.20. The first-order chi connectivity index (χ1) is 9.60. The van der Waals surface area contributed by atoms with Gasteiger partial charge in [-0.25, -0.2) is 0 Å². The van der Waals surface area contributed by atoms with Crippen molar-refractivity contribution < 1.29 is 4.42 Å². The lowest BCUT2D eigenvalue weighted by Gasteiger charge is -2.13. The average molecular weight is 291 g/mol. The van der Waals surface area contributed by atoms with Gasteiger partial charge in [-0.3, -0.25) is 0 Å². The van der Waals surface area contributed by atoms with E-state index in [0.29, 0.717) is 17.0 Å². The predicted molar refractivity (Wildman–Crippen MR) is 81.4 cm³/mol. The van der Waals surface area contributed by atoms with Gasteiger partial charge in [0, 0.05) is 5.75 Å². The molecule has 1 aromatic carbocycles. The van der Waals surface area contributed by atoms with E-state index in [0.717, 1.165) is 12.2 Å². The fourth-order valence-electron chi connectivity index (χ4n) is 1.74. The SMILES string of the molecule is CC[C@@H](C)[C@H](N)c1nnc(SCc2ccc(C)cc2)o1. The van der Waals surface area contributed by atoms with Crippen LogP contribution in [0, 0.1) is 12.8 Å². The third-order valence-electron chi connectivity index (χ3n) is 3.45. The summed E-state index contributed by atoms with van der Waals surface area (Å²) in [5.74, 6) is 1.69. The molecule has 5 heteroatoms. The second-order valence-electron chi connectivity index (χ2n) is 5.09. The monoisotopic (exact) mass is 291 g/mol. The van der Waals surface area contributed by atoms with Crippen LogP contribution in [0.1, 0.15) is 43.3 Å². The Morgan fingerprint density at radius 2 is 1.95 bits per heavy atom. The van der Waals surface area contributed by atoms with Crippen molar-refractivity contribution in [1.82, 2.24) is 10.2 Å². The molecule has 1 heterocycles. The van der Waals surface area contributed by atoms with E-state index in [2.05, 4.69) is 55.2 Å². The zero-order chi connectivity index (χ0) is 14.5. The highest BCUT2D eigenvalue weighted by Crippen LogP contribution is 2.26. The van der Waals surface area contributed by atoms with Crippen molar-refractivity contribution in [2.45, 2.75) is 44.2 Å². The summed E-state index contributed by atoms with van der Waals surface area (Å²) in [5.41, 5.74) is 8.59. The van der Waals surface area contributed by atoms with Crippen LogP contribution >= 0.6 is 11.8 Å². The Morgan fingerprint density at radius 1 is 1.25 bits per heavy atom. The molecule has 108 valence electrons. The van der Waals surface area contributed by atoms with Gasteiger partial charge in [0.25, 0.3) is 5.22 Å². The molecule has 2 atom stereocenters. The fourth-order valence-corrected chi connectivity index (χ4v) is 2.47. The first-order valence-electron chi connectivity index (χ1n) is 6.87. The third kappa shape index (κ3) is 3.84. The molecule has 2 N–H and O–H groups in total. The van der Waals surface area contributed by atoms with Gasteiger partial charge in [-0.2, -0.15) is 0 Å². The molecule has 0 unspecified atom stereocenters. The molecular formula is C15H21N3OS. The highest BCUT2D eigenvalue weighted by Gasteiger charge is 2.19. The summed E-state index contributed by atoms with van der Waals surface area (Å²) in [6, 6.07) is 8.26. The normalized spacial score (nSPS) is 14.2. The molecule has 2 rings (SSSR count). The van der Waals surface area contributed by atoms with Gasteiger partial charge >= 0.3 is 0 Å². The Morgan fingerprint density at radius 3 is 2.60 bits per heavy atom. The molecule has 0 fully saturated rings. The quantitative estimate of drug-likeness (QED) is 0.822. The van der Waals surface area contributed by atoms with Crippen molar-refractivity contribution in [3.8, 4) is 0 Å². The van der Waals surface area contributed by atoms with Crippen molar-refractivity contribution in [2.24, 2.45) is 11.7 Å². The van der Waals surface area contributed by atoms with Gasteiger partial charge in [-0.15, -0.1) is 10.2 Å². The van der Waals surface area contributed by atoms with Gasteiger partial charge in [0.15, 0.2) is 0 Å². The van der Waals surface area contributed by atoms with E-state index in [1.165, 1.54) is 11.1 Å². The van der Waals surface area contributed by atoms with E-state index < -0.39 is 0 Å². The number of rotatable bonds is 6. The van der Waals surface area contributed by atoms with Crippen molar-refractivity contribution in [1.29, 1.82) is 0 Å². The molecule has 0 saturated heterocycles. The minimum atomic E-state index is -0.179. The Bertz CT molecular complexity index is 538. The number of nitrogens with zero attached hydrogens (tertiary/aromatic N) is 2. The van der Waals surface area contributed by atoms with Crippen LogP contribution < -0.4 is 5.73 Å². The van der Waals surface area contributed by atoms with Gasteiger partial charge < -0.3 is 10.2 Å². The van der Waals surface area contributed by atoms with Crippen molar-refractivity contribution in [3.63, 3.8) is 0 Å². The maximum absolute atomic E-state index is 6.08. The first kappa shape index (κ1) is 15.1. The van der Waals surface area contributed by atoms with Crippen molar-refractivity contribution >= 4 is 11.8 Å². The topological polar surface area (TPSA) is 64.9 Å². The summed E-state index contributed by atoms with van der Waals surface area (Å²) in [4.78, 5) is 0. The lowest BCUT2D eigenvalue weighted by atomic mass is 10.0. The van der Waals surface area contributed by atoms with Gasteiger partial charge in [-0.05, 0) is 18.4 Å². The smallest absolute Gasteiger partial charge is 0.276 e. The number of aromatic nitrogens is 2. The summed E-state index contributed by atoms with van der Waals surface area (Å²) in [5, 5.41) is 8.68. The summed E-state index contributed by atoms with van der Waals surface area (Å²) < 4.78 is 5.63. The molecule has 0 spiro atoms. The summed E-state index contributed by atoms with van der Waals surface area (Å²) in [6.45, 7) is 6.28. The molecule has 20 heavy (non-hydrogen) atoms. The van der Waals surface area contributed by atoms with Gasteiger partial charge in [-0.1, -0.05) is 61.9 Å². The second-order valence-corrected chi connectivity index (χ2v) is 6.02. The van der Waals surface area contributed by atoms with Gasteiger partial charge in [0.1, 0.15) is 0 Å². The molecule has 2 aromatic rings. The summed E-state index contributed by atoms with van der Waals surface area (Å²) >= 11 is 1.54. The number of aryl methyl sites for hydroxylation is 1. The van der Waals surface area contributed by atoms with Gasteiger partial charge in [0.2, 0.25) is 5.89 Å². The molecule has 0 bridgehead atoms. The molecule has 0 aliphatic rings. The van der Waals surface area contributed by atoms with Crippen LogP contribution in [0.25, 0.3) is 0 Å². The lowest BCUT2D eigenvalue weighted by molar-refractivity contribution is 0.333. The summed E-state index contributed by atoms with van der Waals surface area (Å²) in [6.07, 6.45) is 0.995. The Balaban J connectivity index is 1.94. The first-order valence-corrected chi connectivity index (χ1v) is 7.86. The molecule has 4 nitrogen and oxygen atoms in total. The van der Waals surface area contributed by atoms with E-state index in [9.17, 15) is 0 Å². The Hall–Kier alpha value is -1.33. The molecule has 1 aromatic heterocycles. The van der Waals surface area contributed by atoms with E-state index in [4.69, 9.17) is 10.2 Å². The highest BCUT2D eigenvalue weighted by molar-refractivity contribution is 7.98. The number of benzene rings is 1. The molecule has 0 amide bonds. The van der Waals surface area contributed by atoms with Crippen LogP contribution in [0.5, 0.6) is 0 Å². The van der Waals surface area contributed by atoms with E-state index in [1.54, 1.807) is 11.8 Å². The third-order valence-corrected chi connectivity index (χ3v) is 4.34. The van der Waals surface area contributed by atoms with Crippen LogP contribution in [0.3, 0.4) is 0 Å². The average Bonchev–Trinajstić information content (AvgIpc) is 2.94. The molecule has 0 aliphatic heterocycles. The van der Waals surface area contributed by atoms with Crippen LogP contribution in [0.4, 0.5) is 0 Å². The lowest BCUT2D eigenvalue weighted by Crippen LogP contribution is -2.18. The molecule has 0 saturated carbocycles. The van der Waals surface area contributed by atoms with Crippen LogP contribution in [0.2, 0.25) is 0 Å². The number of hydrogen-bond acceptors (Lipinski definition) is 5. The zero-order valence-corrected chi connectivity index (χ0v) is 13.0. The summed E-state index contributed by atoms with van der Waals surface area (Å²) in [7, 11) is 0. The number of thioether (sulfide) groups is 1. The van der Waals surface area contributed by atoms with E-state index in [1.807, 2.05) is 0 Å². The fraction of sp³-hybridized carbons (Fsp3) is 0.467. The number of nitrogens with two attached hydrogens (primary N) is 1. The maximum atomic E-state index is 6.08. The van der Waals surface area contributed by atoms with Crippen molar-refractivity contribution in [3.05, 3.63) is 41.3 Å². The standard InChI is InChI=1S/C15H21N3OS/c1-4-11(3)13(16)14-17-18-15(19-14)20-9-12-7-5-10(2)6-8-12/h5-8,11,13H,4,9,16H2,1-3H3/t11-,13+/m1/s1. The van der Waals surface area contributed by atoms with Gasteiger partial charge in [0.05, 0.1) is 6.04 Å². The molecule has 0 aliphatic carbocycles. The van der Waals surface area contributed by atoms with Crippen molar-refractivity contribution in [2.75, 3.05) is 0 Å². The van der Waals surface area contributed by atoms with Crippen LogP contribution in [0.15, 0.2) is 33.9 Å². The van der Waals surface area contributed by atoms with E-state index in [-0.39, 0.29) is 6.04 Å². The highest BCUT2D eigenvalue weighted by atomic mass is 32.2. The maximum Gasteiger partial charge on any atom is 0.276 e. The van der Waals surface area contributed by atoms with E-state index >= 15 is 0 Å². The molecule has 0 radical (unpaired) electrons. The minimum absolute atomic E-state index is 0.179. The Labute approximate surface area is 124 Å². The second kappa shape index (κ2) is 6.90. The largest absolute Gasteiger partial charge is 0.414 e.